The van der Waals surface area contributed by atoms with E-state index < -0.39 is 5.91 Å². The molecule has 0 saturated carbocycles. The van der Waals surface area contributed by atoms with E-state index >= 15 is 0 Å². The maximum absolute atomic E-state index is 10.7. The third-order valence-electron chi connectivity index (χ3n) is 1.49. The van der Waals surface area contributed by atoms with Gasteiger partial charge in [0.1, 0.15) is 11.5 Å². The molecule has 0 unspecified atom stereocenters. The van der Waals surface area contributed by atoms with Gasteiger partial charge in [0.25, 0.3) is 5.91 Å². The highest BCUT2D eigenvalue weighted by Gasteiger charge is 2.03. The van der Waals surface area contributed by atoms with Crippen LogP contribution in [0.25, 0.3) is 0 Å². The SMILES string of the molecule is COCCc1nccc(C(N)=O)n1. The summed E-state index contributed by atoms with van der Waals surface area (Å²) in [5.41, 5.74) is 5.29. The molecule has 0 aliphatic rings. The van der Waals surface area contributed by atoms with Gasteiger partial charge in [0, 0.05) is 19.7 Å². The molecule has 5 heteroatoms. The van der Waals surface area contributed by atoms with Gasteiger partial charge in [-0.3, -0.25) is 4.79 Å². The second-order valence-electron chi connectivity index (χ2n) is 2.47. The van der Waals surface area contributed by atoms with Gasteiger partial charge in [-0.15, -0.1) is 0 Å². The second kappa shape index (κ2) is 4.51. The smallest absolute Gasteiger partial charge is 0.267 e. The fraction of sp³-hybridized carbons (Fsp3) is 0.375. The van der Waals surface area contributed by atoms with Gasteiger partial charge >= 0.3 is 0 Å². The second-order valence-corrected chi connectivity index (χ2v) is 2.47. The molecule has 2 N–H and O–H groups in total. The Balaban J connectivity index is 2.73. The molecule has 70 valence electrons. The molecule has 13 heavy (non-hydrogen) atoms. The van der Waals surface area contributed by atoms with Crippen molar-refractivity contribution in [3.8, 4) is 0 Å². The number of hydrogen-bond donors (Lipinski definition) is 1. The van der Waals surface area contributed by atoms with Crippen molar-refractivity contribution in [1.82, 2.24) is 9.97 Å². The predicted molar refractivity (Wildman–Crippen MR) is 46.1 cm³/mol. The number of nitrogens with two attached hydrogens (primary N) is 1. The van der Waals surface area contributed by atoms with E-state index in [-0.39, 0.29) is 5.69 Å². The van der Waals surface area contributed by atoms with Crippen LogP contribution in [-0.4, -0.2) is 29.6 Å². The number of aromatic nitrogens is 2. The minimum absolute atomic E-state index is 0.237. The highest BCUT2D eigenvalue weighted by Crippen LogP contribution is 1.95. The van der Waals surface area contributed by atoms with Crippen molar-refractivity contribution in [3.63, 3.8) is 0 Å². The maximum atomic E-state index is 10.7. The Kier molecular flexibility index (Phi) is 3.33. The first-order valence-corrected chi connectivity index (χ1v) is 3.84. The Morgan fingerprint density at radius 1 is 1.69 bits per heavy atom. The molecule has 0 fully saturated rings. The molecule has 0 saturated heterocycles. The Labute approximate surface area is 75.9 Å². The zero-order valence-electron chi connectivity index (χ0n) is 7.36. The van der Waals surface area contributed by atoms with E-state index in [0.29, 0.717) is 18.9 Å². The summed E-state index contributed by atoms with van der Waals surface area (Å²) in [5, 5.41) is 0. The van der Waals surface area contributed by atoms with Crippen molar-refractivity contribution < 1.29 is 9.53 Å². The lowest BCUT2D eigenvalue weighted by molar-refractivity contribution is 0.0995. The van der Waals surface area contributed by atoms with E-state index in [0.717, 1.165) is 0 Å². The first-order chi connectivity index (χ1) is 6.24. The lowest BCUT2D eigenvalue weighted by Crippen LogP contribution is -2.14. The topological polar surface area (TPSA) is 78.1 Å². The molecule has 1 heterocycles. The van der Waals surface area contributed by atoms with Gasteiger partial charge in [0.15, 0.2) is 0 Å². The van der Waals surface area contributed by atoms with Crippen molar-refractivity contribution in [1.29, 1.82) is 0 Å². The van der Waals surface area contributed by atoms with E-state index in [1.54, 1.807) is 7.11 Å². The fourth-order valence-electron chi connectivity index (χ4n) is 0.850. The highest BCUT2D eigenvalue weighted by atomic mass is 16.5. The molecule has 1 aromatic heterocycles. The van der Waals surface area contributed by atoms with Gasteiger partial charge in [0.2, 0.25) is 0 Å². The molecular weight excluding hydrogens is 170 g/mol. The number of ether oxygens (including phenoxy) is 1. The predicted octanol–water partition coefficient (Wildman–Crippen LogP) is -0.236. The average Bonchev–Trinajstić information content (AvgIpc) is 2.15. The third-order valence-corrected chi connectivity index (χ3v) is 1.49. The molecule has 0 atom stereocenters. The van der Waals surface area contributed by atoms with Crippen LogP contribution in [0.3, 0.4) is 0 Å². The van der Waals surface area contributed by atoms with Crippen molar-refractivity contribution in [3.05, 3.63) is 23.8 Å². The Hall–Kier alpha value is -1.49. The maximum Gasteiger partial charge on any atom is 0.267 e. The quantitative estimate of drug-likeness (QED) is 0.695. The number of nitrogens with zero attached hydrogens (tertiary/aromatic N) is 2. The summed E-state index contributed by atoms with van der Waals surface area (Å²) in [6.07, 6.45) is 2.09. The van der Waals surface area contributed by atoms with Crippen molar-refractivity contribution in [2.75, 3.05) is 13.7 Å². The minimum atomic E-state index is -0.541. The van der Waals surface area contributed by atoms with Gasteiger partial charge in [-0.25, -0.2) is 9.97 Å². The van der Waals surface area contributed by atoms with Crippen LogP contribution in [0.1, 0.15) is 16.3 Å². The standard InChI is InChI=1S/C8H11N3O2/c1-13-5-3-7-10-4-2-6(11-7)8(9)12/h2,4H,3,5H2,1H3,(H2,9,12). The summed E-state index contributed by atoms with van der Waals surface area (Å²) in [6, 6.07) is 1.48. The number of carbonyl (C=O) groups is 1. The Bertz CT molecular complexity index is 301. The summed E-state index contributed by atoms with van der Waals surface area (Å²) in [4.78, 5) is 18.6. The molecule has 0 bridgehead atoms. The molecule has 0 aromatic carbocycles. The van der Waals surface area contributed by atoms with Crippen molar-refractivity contribution >= 4 is 5.91 Å². The summed E-state index contributed by atoms with van der Waals surface area (Å²) in [6.45, 7) is 0.530. The van der Waals surface area contributed by atoms with Gasteiger partial charge in [-0.05, 0) is 6.07 Å². The number of hydrogen-bond acceptors (Lipinski definition) is 4. The van der Waals surface area contributed by atoms with E-state index in [1.807, 2.05) is 0 Å². The van der Waals surface area contributed by atoms with Crippen LogP contribution >= 0.6 is 0 Å². The molecule has 1 aromatic rings. The lowest BCUT2D eigenvalue weighted by Gasteiger charge is -1.99. The number of carbonyl (C=O) groups excluding carboxylic acids is 1. The fourth-order valence-corrected chi connectivity index (χ4v) is 0.850. The largest absolute Gasteiger partial charge is 0.384 e. The molecule has 0 aliphatic carbocycles. The molecule has 0 radical (unpaired) electrons. The van der Waals surface area contributed by atoms with Crippen LogP contribution in [-0.2, 0) is 11.2 Å². The average molecular weight is 181 g/mol. The number of amides is 1. The summed E-state index contributed by atoms with van der Waals surface area (Å²) in [7, 11) is 1.60. The number of methoxy groups -OCH3 is 1. The lowest BCUT2D eigenvalue weighted by atomic mass is 10.3. The molecule has 0 spiro atoms. The van der Waals surface area contributed by atoms with Crippen LogP contribution in [0.4, 0.5) is 0 Å². The molecule has 1 rings (SSSR count). The zero-order chi connectivity index (χ0) is 9.68. The van der Waals surface area contributed by atoms with Gasteiger partial charge in [0.05, 0.1) is 6.61 Å². The van der Waals surface area contributed by atoms with E-state index in [4.69, 9.17) is 10.5 Å². The Morgan fingerprint density at radius 3 is 3.08 bits per heavy atom. The third kappa shape index (κ3) is 2.79. The first-order valence-electron chi connectivity index (χ1n) is 3.84. The van der Waals surface area contributed by atoms with E-state index in [9.17, 15) is 4.79 Å². The molecular formula is C8H11N3O2. The van der Waals surface area contributed by atoms with Crippen LogP contribution in [0, 0.1) is 0 Å². The van der Waals surface area contributed by atoms with E-state index in [2.05, 4.69) is 9.97 Å². The number of rotatable bonds is 4. The summed E-state index contributed by atoms with van der Waals surface area (Å²) >= 11 is 0. The van der Waals surface area contributed by atoms with Crippen LogP contribution in [0.15, 0.2) is 12.3 Å². The van der Waals surface area contributed by atoms with Crippen LogP contribution < -0.4 is 5.73 Å². The highest BCUT2D eigenvalue weighted by molar-refractivity contribution is 5.90. The molecule has 1 amide bonds. The van der Waals surface area contributed by atoms with Gasteiger partial charge in [-0.2, -0.15) is 0 Å². The van der Waals surface area contributed by atoms with E-state index in [1.165, 1.54) is 12.3 Å². The van der Waals surface area contributed by atoms with Crippen LogP contribution in [0.5, 0.6) is 0 Å². The van der Waals surface area contributed by atoms with Crippen LogP contribution in [0.2, 0.25) is 0 Å². The number of primary amides is 1. The minimum Gasteiger partial charge on any atom is -0.384 e. The Morgan fingerprint density at radius 2 is 2.46 bits per heavy atom. The van der Waals surface area contributed by atoms with Crippen molar-refractivity contribution in [2.24, 2.45) is 5.73 Å². The zero-order valence-corrected chi connectivity index (χ0v) is 7.36. The molecule has 0 aliphatic heterocycles. The summed E-state index contributed by atoms with van der Waals surface area (Å²) in [5.74, 6) is 0.0271. The first kappa shape index (κ1) is 9.60. The molecule has 5 nitrogen and oxygen atoms in total. The van der Waals surface area contributed by atoms with Gasteiger partial charge in [-0.1, -0.05) is 0 Å². The van der Waals surface area contributed by atoms with Gasteiger partial charge < -0.3 is 10.5 Å². The summed E-state index contributed by atoms with van der Waals surface area (Å²) < 4.78 is 4.85. The normalized spacial score (nSPS) is 9.92. The monoisotopic (exact) mass is 181 g/mol. The van der Waals surface area contributed by atoms with Crippen molar-refractivity contribution in [2.45, 2.75) is 6.42 Å².